The quantitative estimate of drug-likeness (QED) is 0.161. The molecular formula is C43H72N2O6S3. The van der Waals surface area contributed by atoms with E-state index < -0.39 is 27.8 Å². The number of benzene rings is 2. The Balaban J connectivity index is 0.000000626. The normalized spacial score (nSPS) is 17.1. The molecule has 308 valence electrons. The number of aryl methyl sites for hydroxylation is 1. The molecule has 2 aliphatic rings. The van der Waals surface area contributed by atoms with Crippen molar-refractivity contribution in [2.24, 2.45) is 5.92 Å². The predicted molar refractivity (Wildman–Crippen MR) is 234 cm³/mol. The van der Waals surface area contributed by atoms with Gasteiger partial charge in [-0.1, -0.05) is 84.2 Å². The lowest BCUT2D eigenvalue weighted by Gasteiger charge is -2.24. The summed E-state index contributed by atoms with van der Waals surface area (Å²) in [6.07, 6.45) is 15.4. The standard InChI is InChI=1S/C26H34N2O6S.C8H16S.C7H16S.C2H6/c1-18-7-4-5-9-21(18)23-15-19(16-28-13-6-8-20(28)17-34-2)10-11-22(23)25(29)27-24(26(30)31)12-14-35(3,32)33;1-9-7-8-5-3-2-4-6-8;1-4-6-8-7(3)5-2;1-2/h4-5,7,9-11,15,20,24H,6,8,12-14,16-17H2,1-3H3,(H,27,29)(H,30,31);8H,2-7H2,1H3;7H,4-6H2,1-3H3;1-2H3. The van der Waals surface area contributed by atoms with Gasteiger partial charge in [0.25, 0.3) is 5.91 Å². The first kappa shape index (κ1) is 50.0. The number of rotatable bonds is 17. The van der Waals surface area contributed by atoms with Gasteiger partial charge in [-0.15, -0.1) is 0 Å². The zero-order valence-corrected chi connectivity index (χ0v) is 37.3. The fourth-order valence-corrected chi connectivity index (χ4v) is 8.90. The number of hydrogen-bond acceptors (Lipinski definition) is 8. The predicted octanol–water partition coefficient (Wildman–Crippen LogP) is 9.77. The summed E-state index contributed by atoms with van der Waals surface area (Å²) in [6.45, 7) is 15.1. The van der Waals surface area contributed by atoms with Crippen molar-refractivity contribution in [2.75, 3.05) is 50.0 Å². The molecular weight excluding hydrogens is 737 g/mol. The number of carbonyl (C=O) groups is 2. The summed E-state index contributed by atoms with van der Waals surface area (Å²) in [4.78, 5) is 27.3. The van der Waals surface area contributed by atoms with Crippen molar-refractivity contribution in [3.05, 3.63) is 59.2 Å². The summed E-state index contributed by atoms with van der Waals surface area (Å²) in [5.41, 5.74) is 3.99. The van der Waals surface area contributed by atoms with Crippen molar-refractivity contribution in [3.8, 4) is 11.1 Å². The summed E-state index contributed by atoms with van der Waals surface area (Å²) in [7, 11) is -1.66. The van der Waals surface area contributed by atoms with Gasteiger partial charge >= 0.3 is 5.97 Å². The molecule has 1 aliphatic carbocycles. The number of likely N-dealkylation sites (tertiary alicyclic amines) is 1. The first-order valence-corrected chi connectivity index (χ1v) is 24.6. The van der Waals surface area contributed by atoms with E-state index in [2.05, 4.69) is 49.0 Å². The van der Waals surface area contributed by atoms with Crippen LogP contribution in [0.4, 0.5) is 0 Å². The third kappa shape index (κ3) is 19.7. The monoisotopic (exact) mass is 808 g/mol. The van der Waals surface area contributed by atoms with E-state index in [0.29, 0.717) is 23.8 Å². The summed E-state index contributed by atoms with van der Waals surface area (Å²) in [5.74, 6) is 1.65. The molecule has 3 atom stereocenters. The molecule has 11 heteroatoms. The Morgan fingerprint density at radius 1 is 1.02 bits per heavy atom. The molecule has 0 bridgehead atoms. The maximum atomic E-state index is 13.2. The smallest absolute Gasteiger partial charge is 0.326 e. The maximum absolute atomic E-state index is 13.2. The van der Waals surface area contributed by atoms with Gasteiger partial charge in [-0.05, 0) is 116 Å². The minimum absolute atomic E-state index is 0.201. The van der Waals surface area contributed by atoms with Crippen LogP contribution in [0.25, 0.3) is 11.1 Å². The van der Waals surface area contributed by atoms with Gasteiger partial charge in [0, 0.05) is 36.8 Å². The molecule has 2 N–H and O–H groups in total. The number of sulfone groups is 1. The first-order chi connectivity index (χ1) is 25.8. The average Bonchev–Trinajstić information content (AvgIpc) is 3.60. The van der Waals surface area contributed by atoms with Gasteiger partial charge in [-0.3, -0.25) is 9.69 Å². The topological polar surface area (TPSA) is 113 Å². The minimum Gasteiger partial charge on any atom is -0.480 e. The number of carboxylic acid groups (broad SMARTS) is 1. The third-order valence-corrected chi connectivity index (χ3v) is 13.0. The van der Waals surface area contributed by atoms with E-state index >= 15 is 0 Å². The molecule has 1 heterocycles. The molecule has 2 aromatic carbocycles. The van der Waals surface area contributed by atoms with Crippen LogP contribution in [0.3, 0.4) is 0 Å². The van der Waals surface area contributed by atoms with Gasteiger partial charge in [0.2, 0.25) is 0 Å². The second-order valence-electron chi connectivity index (χ2n) is 14.2. The Bertz CT molecular complexity index is 1450. The third-order valence-electron chi connectivity index (χ3n) is 9.70. The van der Waals surface area contributed by atoms with Crippen LogP contribution in [0.5, 0.6) is 0 Å². The Labute approximate surface area is 337 Å². The second kappa shape index (κ2) is 28.4. The molecule has 2 fully saturated rings. The van der Waals surface area contributed by atoms with Crippen LogP contribution in [0.2, 0.25) is 0 Å². The van der Waals surface area contributed by atoms with Crippen molar-refractivity contribution in [1.29, 1.82) is 0 Å². The lowest BCUT2D eigenvalue weighted by atomic mass is 9.91. The number of nitrogens with zero attached hydrogens (tertiary/aromatic N) is 1. The summed E-state index contributed by atoms with van der Waals surface area (Å²) >= 11 is 4.08. The average molecular weight is 809 g/mol. The Hall–Kier alpha value is -2.05. The second-order valence-corrected chi connectivity index (χ2v) is 19.0. The fourth-order valence-electron chi connectivity index (χ4n) is 6.56. The first-order valence-electron chi connectivity index (χ1n) is 20.1. The molecule has 3 unspecified atom stereocenters. The molecule has 54 heavy (non-hydrogen) atoms. The van der Waals surface area contributed by atoms with E-state index in [1.54, 1.807) is 13.2 Å². The van der Waals surface area contributed by atoms with Crippen molar-refractivity contribution in [2.45, 2.75) is 130 Å². The molecule has 0 aromatic heterocycles. The molecule has 4 rings (SSSR count). The largest absolute Gasteiger partial charge is 0.480 e. The van der Waals surface area contributed by atoms with Gasteiger partial charge in [0.15, 0.2) is 0 Å². The minimum atomic E-state index is -3.36. The highest BCUT2D eigenvalue weighted by molar-refractivity contribution is 7.99. The number of aliphatic carboxylic acids is 1. The number of amides is 1. The van der Waals surface area contributed by atoms with Crippen molar-refractivity contribution < 1.29 is 27.9 Å². The SMILES string of the molecule is CC.CCCSC(C)CC.COCC1CCCN1Cc1ccc(C(=O)NC(CCS(C)(=O)=O)C(=O)O)c(-c2ccccc2C)c1.CSCC1CCCCC1. The number of nitrogens with one attached hydrogen (secondary N) is 1. The van der Waals surface area contributed by atoms with Gasteiger partial charge in [0.1, 0.15) is 15.9 Å². The molecule has 2 aromatic rings. The van der Waals surface area contributed by atoms with Crippen LogP contribution in [-0.2, 0) is 25.9 Å². The molecule has 8 nitrogen and oxygen atoms in total. The Morgan fingerprint density at radius 3 is 2.28 bits per heavy atom. The van der Waals surface area contributed by atoms with Gasteiger partial charge in [0.05, 0.1) is 12.4 Å². The zero-order chi connectivity index (χ0) is 40.5. The highest BCUT2D eigenvalue weighted by Gasteiger charge is 2.27. The van der Waals surface area contributed by atoms with Crippen LogP contribution in [0, 0.1) is 12.8 Å². The highest BCUT2D eigenvalue weighted by Crippen LogP contribution is 2.30. The Kier molecular flexibility index (Phi) is 26.2. The lowest BCUT2D eigenvalue weighted by molar-refractivity contribution is -0.139. The lowest BCUT2D eigenvalue weighted by Crippen LogP contribution is -2.42. The highest BCUT2D eigenvalue weighted by atomic mass is 32.2. The van der Waals surface area contributed by atoms with Gasteiger partial charge < -0.3 is 15.2 Å². The zero-order valence-electron chi connectivity index (χ0n) is 34.8. The van der Waals surface area contributed by atoms with E-state index in [1.807, 2.05) is 68.9 Å². The molecule has 1 aliphatic heterocycles. The fraction of sp³-hybridized carbons (Fsp3) is 0.674. The van der Waals surface area contributed by atoms with Crippen molar-refractivity contribution >= 4 is 45.2 Å². The van der Waals surface area contributed by atoms with E-state index in [-0.39, 0.29) is 12.2 Å². The van der Waals surface area contributed by atoms with E-state index in [4.69, 9.17) is 4.74 Å². The van der Waals surface area contributed by atoms with Gasteiger partial charge in [-0.2, -0.15) is 23.5 Å². The molecule has 0 spiro atoms. The van der Waals surface area contributed by atoms with Crippen molar-refractivity contribution in [3.63, 3.8) is 0 Å². The van der Waals surface area contributed by atoms with E-state index in [0.717, 1.165) is 60.0 Å². The van der Waals surface area contributed by atoms with Crippen LogP contribution >= 0.6 is 23.5 Å². The van der Waals surface area contributed by atoms with Crippen LogP contribution in [0.1, 0.15) is 120 Å². The number of thioether (sulfide) groups is 2. The number of carbonyl (C=O) groups excluding carboxylic acids is 1. The number of methoxy groups -OCH3 is 1. The Morgan fingerprint density at radius 2 is 1.70 bits per heavy atom. The molecule has 1 amide bonds. The number of hydrogen-bond donors (Lipinski definition) is 2. The number of carboxylic acids is 1. The van der Waals surface area contributed by atoms with E-state index in [1.165, 1.54) is 56.5 Å². The summed E-state index contributed by atoms with van der Waals surface area (Å²) in [5, 5.41) is 12.9. The van der Waals surface area contributed by atoms with E-state index in [9.17, 15) is 23.1 Å². The molecule has 1 saturated carbocycles. The van der Waals surface area contributed by atoms with Gasteiger partial charge in [-0.25, -0.2) is 13.2 Å². The maximum Gasteiger partial charge on any atom is 0.326 e. The summed E-state index contributed by atoms with van der Waals surface area (Å²) < 4.78 is 28.4. The molecule has 0 radical (unpaired) electrons. The molecule has 1 saturated heterocycles. The van der Waals surface area contributed by atoms with Crippen LogP contribution in [-0.4, -0.2) is 97.7 Å². The van der Waals surface area contributed by atoms with Crippen LogP contribution in [0.15, 0.2) is 42.5 Å². The number of ether oxygens (including phenoxy) is 1. The summed E-state index contributed by atoms with van der Waals surface area (Å²) in [6, 6.07) is 12.4. The van der Waals surface area contributed by atoms with Crippen molar-refractivity contribution in [1.82, 2.24) is 10.2 Å². The van der Waals surface area contributed by atoms with Crippen LogP contribution < -0.4 is 5.32 Å².